The van der Waals surface area contributed by atoms with Crippen molar-refractivity contribution in [3.05, 3.63) is 0 Å². The van der Waals surface area contributed by atoms with Crippen LogP contribution in [0, 0.1) is 0 Å². The van der Waals surface area contributed by atoms with Crippen molar-refractivity contribution in [1.82, 2.24) is 0 Å². The van der Waals surface area contributed by atoms with Gasteiger partial charge in [-0.05, 0) is 131 Å². The second kappa shape index (κ2) is 11.5. The van der Waals surface area contributed by atoms with Gasteiger partial charge in [-0.3, -0.25) is 0 Å². The summed E-state index contributed by atoms with van der Waals surface area (Å²) in [6.07, 6.45) is 0. The van der Waals surface area contributed by atoms with E-state index in [0.29, 0.717) is 9.28 Å². The predicted octanol–water partition coefficient (Wildman–Crippen LogP) is 7.53. The predicted molar refractivity (Wildman–Crippen MR) is 180 cm³/mol. The van der Waals surface area contributed by atoms with Crippen LogP contribution in [-0.4, -0.2) is 80.8 Å². The van der Waals surface area contributed by atoms with Gasteiger partial charge < -0.3 is 20.6 Å². The highest BCUT2D eigenvalue weighted by molar-refractivity contribution is 7.86. The van der Waals surface area contributed by atoms with Crippen LogP contribution >= 0.6 is 0 Å². The van der Waals surface area contributed by atoms with Crippen LogP contribution in [0.15, 0.2) is 0 Å². The summed E-state index contributed by atoms with van der Waals surface area (Å²) >= 11 is 0. The lowest BCUT2D eigenvalue weighted by Gasteiger charge is -2.60. The average molecular weight is 662 g/mol. The van der Waals surface area contributed by atoms with Crippen molar-refractivity contribution in [2.75, 3.05) is 0 Å². The lowest BCUT2D eigenvalue weighted by molar-refractivity contribution is 0.507. The van der Waals surface area contributed by atoms with E-state index in [2.05, 4.69) is 131 Å². The second-order valence-corrected chi connectivity index (χ2v) is 76.3. The summed E-state index contributed by atoms with van der Waals surface area (Å²) < 4.78 is 36.4. The molecule has 15 heteroatoms. The molecule has 0 unspecified atom stereocenters. The summed E-state index contributed by atoms with van der Waals surface area (Å²) in [4.78, 5) is 0. The summed E-state index contributed by atoms with van der Waals surface area (Å²) in [7, 11) is -15.9. The molecule has 0 aliphatic rings. The van der Waals surface area contributed by atoms with Crippen molar-refractivity contribution in [2.45, 2.75) is 131 Å². The Kier molecular flexibility index (Phi) is 12.1. The maximum absolute atomic E-state index is 7.67. The molecule has 0 aliphatic carbocycles. The van der Waals surface area contributed by atoms with Crippen LogP contribution in [-0.2, 0) is 20.6 Å². The van der Waals surface area contributed by atoms with Crippen LogP contribution in [0.3, 0.4) is 0 Å². The summed E-state index contributed by atoms with van der Waals surface area (Å²) in [5, 5.41) is 0. The molecule has 0 aromatic rings. The first kappa shape index (κ1) is 37.0. The van der Waals surface area contributed by atoms with Crippen molar-refractivity contribution >= 4 is 80.8 Å². The van der Waals surface area contributed by atoms with Gasteiger partial charge in [0, 0.05) is 0 Å². The van der Waals surface area contributed by atoms with Crippen LogP contribution in [0.5, 0.6) is 0 Å². The maximum Gasteiger partial charge on any atom is 0.233 e. The molecule has 5 nitrogen and oxygen atoms in total. The molecule has 0 bridgehead atoms. The van der Waals surface area contributed by atoms with Gasteiger partial charge >= 0.3 is 0 Å². The summed E-state index contributed by atoms with van der Waals surface area (Å²) in [5.74, 6) is 0. The zero-order valence-electron chi connectivity index (χ0n) is 27.0. The normalized spacial score (nSPS) is 16.1. The Morgan fingerprint density at radius 3 is 0.771 bits per heavy atom. The van der Waals surface area contributed by atoms with E-state index in [0.717, 1.165) is 0 Å². The minimum atomic E-state index is -2.66. The van der Waals surface area contributed by atoms with E-state index in [1.165, 1.54) is 0 Å². The van der Waals surface area contributed by atoms with Gasteiger partial charge in [0.15, 0.2) is 64.6 Å². The fourth-order valence-electron chi connectivity index (χ4n) is 6.04. The lowest BCUT2D eigenvalue weighted by Crippen LogP contribution is -2.91. The fraction of sp³-hybridized carbons (Fsp3) is 1.00. The van der Waals surface area contributed by atoms with E-state index in [1.54, 1.807) is 0 Å². The molecule has 35 heavy (non-hydrogen) atoms. The Balaban J connectivity index is 7.26. The van der Waals surface area contributed by atoms with E-state index < -0.39 is 71.5 Å². The smallest absolute Gasteiger partial charge is 0.233 e. The highest BCUT2D eigenvalue weighted by atomic mass is 30.0. The van der Waals surface area contributed by atoms with Crippen LogP contribution in [0.1, 0.15) is 0 Å². The first-order valence-corrected chi connectivity index (χ1v) is 45.1. The first-order valence-electron chi connectivity index (χ1n) is 13.0. The third-order valence-electron chi connectivity index (χ3n) is 5.24. The topological polar surface area (TPSA) is 46.2 Å². The van der Waals surface area contributed by atoms with Crippen molar-refractivity contribution < 1.29 is 20.6 Å². The number of hydrogen-bond acceptors (Lipinski definition) is 5. The summed E-state index contributed by atoms with van der Waals surface area (Å²) in [5.41, 5.74) is 0. The standard InChI is InChI=1S/C20H60O5Si10/c1-27(2,3)22-31(13,14)26-21-35(32(15,16)23-28(4,5)6,33(17,18)24-29(7,8)9)34(19,20)25-30(10,11)12/h1-20H3. The lowest BCUT2D eigenvalue weighted by atomic mass is 11.8. The van der Waals surface area contributed by atoms with E-state index in [-0.39, 0.29) is 0 Å². The molecule has 2 radical (unpaired) electrons. The van der Waals surface area contributed by atoms with Gasteiger partial charge in [0.2, 0.25) is 16.2 Å². The largest absolute Gasteiger partial charge is 0.457 e. The van der Waals surface area contributed by atoms with Gasteiger partial charge in [-0.2, -0.15) is 0 Å². The van der Waals surface area contributed by atoms with E-state index in [1.807, 2.05) is 0 Å². The highest BCUT2D eigenvalue weighted by Crippen LogP contribution is 2.43. The van der Waals surface area contributed by atoms with Crippen LogP contribution in [0.2, 0.25) is 131 Å². The van der Waals surface area contributed by atoms with Gasteiger partial charge in [-0.15, -0.1) is 0 Å². The third-order valence-corrected chi connectivity index (χ3v) is 87.0. The average Bonchev–Trinajstić information content (AvgIpc) is 2.34. The Morgan fingerprint density at radius 1 is 0.343 bits per heavy atom. The van der Waals surface area contributed by atoms with Crippen LogP contribution < -0.4 is 0 Å². The van der Waals surface area contributed by atoms with Gasteiger partial charge in [-0.25, -0.2) is 0 Å². The van der Waals surface area contributed by atoms with Crippen molar-refractivity contribution in [3.8, 4) is 0 Å². The summed E-state index contributed by atoms with van der Waals surface area (Å²) in [6.45, 7) is 44.7. The molecule has 0 aromatic heterocycles. The zero-order chi connectivity index (χ0) is 28.7. The molecule has 0 amide bonds. The molecular weight excluding hydrogens is 601 g/mol. The van der Waals surface area contributed by atoms with Gasteiger partial charge in [0.05, 0.1) is 0 Å². The Morgan fingerprint density at radius 2 is 0.571 bits per heavy atom. The molecule has 210 valence electrons. The fourth-order valence-corrected chi connectivity index (χ4v) is 131. The molecule has 0 atom stereocenters. The quantitative estimate of drug-likeness (QED) is 0.180. The van der Waals surface area contributed by atoms with E-state index in [9.17, 15) is 0 Å². The molecule has 0 aromatic carbocycles. The molecule has 0 saturated heterocycles. The molecule has 0 N–H and O–H groups in total. The van der Waals surface area contributed by atoms with Gasteiger partial charge in [0.25, 0.3) is 0 Å². The third kappa shape index (κ3) is 11.5. The maximum atomic E-state index is 7.67. The van der Waals surface area contributed by atoms with Gasteiger partial charge in [0.1, 0.15) is 0 Å². The van der Waals surface area contributed by atoms with Crippen molar-refractivity contribution in [2.24, 2.45) is 0 Å². The second-order valence-electron chi connectivity index (χ2n) is 15.8. The Hall–Kier alpha value is 1.97. The minimum absolute atomic E-state index is 0.387. The Labute approximate surface area is 231 Å². The van der Waals surface area contributed by atoms with Crippen molar-refractivity contribution in [1.29, 1.82) is 0 Å². The first-order chi connectivity index (χ1) is 14.8. The molecule has 0 fully saturated rings. The highest BCUT2D eigenvalue weighted by Gasteiger charge is 2.74. The van der Waals surface area contributed by atoms with E-state index >= 15 is 0 Å². The Bertz CT molecular complexity index is 632. The van der Waals surface area contributed by atoms with Crippen molar-refractivity contribution in [3.63, 3.8) is 0 Å². The summed E-state index contributed by atoms with van der Waals surface area (Å²) in [6, 6.07) is 0. The number of hydrogen-bond donors (Lipinski definition) is 0. The molecule has 0 rings (SSSR count). The monoisotopic (exact) mass is 660 g/mol. The molecule has 0 heterocycles. The molecular formula is C20H60O5Si10. The molecule has 0 saturated carbocycles. The minimum Gasteiger partial charge on any atom is -0.457 e. The number of rotatable bonds is 14. The SMILES string of the molecule is C[Si](C)(C)O[Si](C)(C)[Si]O[Si]([Si](C)(C)O[Si](C)(C)C)([Si](C)(C)O[Si](C)(C)C)[Si](C)(C)O[Si](C)(C)C. The van der Waals surface area contributed by atoms with Crippen LogP contribution in [0.4, 0.5) is 0 Å². The zero-order valence-corrected chi connectivity index (χ0v) is 37.0. The van der Waals surface area contributed by atoms with Gasteiger partial charge in [-0.1, -0.05) is 0 Å². The molecule has 0 aliphatic heterocycles. The van der Waals surface area contributed by atoms with Crippen LogP contribution in [0.25, 0.3) is 0 Å². The van der Waals surface area contributed by atoms with E-state index in [4.69, 9.17) is 20.6 Å². The molecule has 0 spiro atoms.